The first-order chi connectivity index (χ1) is 20.5. The highest BCUT2D eigenvalue weighted by atomic mass is 16.5. The lowest BCUT2D eigenvalue weighted by Crippen LogP contribution is -2.24. The standard InChI is InChI=1S/C36H56N2O4/c1-5-8-9-10-11-12-13-14-15-16-17-18-19-20-21-22-32(39)42-36-34(35(40)37-23-25-41-26-24-38(36)37)33-30(6-2)27-29(4)28-31(33)7-3/h14-15,27-28H,5-13,16-26H2,1-4H3/b15-14-. The molecule has 42 heavy (non-hydrogen) atoms. The summed E-state index contributed by atoms with van der Waals surface area (Å²) in [4.78, 5) is 26.9. The van der Waals surface area contributed by atoms with Crippen molar-refractivity contribution in [2.75, 3.05) is 13.2 Å². The average molecular weight is 581 g/mol. The van der Waals surface area contributed by atoms with E-state index >= 15 is 0 Å². The summed E-state index contributed by atoms with van der Waals surface area (Å²) < 4.78 is 15.2. The van der Waals surface area contributed by atoms with Crippen molar-refractivity contribution in [3.8, 4) is 17.0 Å². The van der Waals surface area contributed by atoms with Crippen LogP contribution in [-0.2, 0) is 35.5 Å². The number of nitrogens with zero attached hydrogens (tertiary/aromatic N) is 2. The predicted molar refractivity (Wildman–Crippen MR) is 174 cm³/mol. The molecule has 0 saturated carbocycles. The van der Waals surface area contributed by atoms with E-state index in [-0.39, 0.29) is 11.5 Å². The van der Waals surface area contributed by atoms with Gasteiger partial charge in [-0.2, -0.15) is 0 Å². The van der Waals surface area contributed by atoms with Crippen LogP contribution < -0.4 is 10.3 Å². The third-order valence-electron chi connectivity index (χ3n) is 8.39. The van der Waals surface area contributed by atoms with Gasteiger partial charge in [0.25, 0.3) is 5.56 Å². The highest BCUT2D eigenvalue weighted by Gasteiger charge is 2.28. The molecule has 2 aromatic rings. The molecule has 0 unspecified atom stereocenters. The van der Waals surface area contributed by atoms with E-state index in [4.69, 9.17) is 9.47 Å². The fraction of sp³-hybridized carbons (Fsp3) is 0.667. The van der Waals surface area contributed by atoms with E-state index in [0.29, 0.717) is 44.2 Å². The minimum absolute atomic E-state index is 0.0995. The minimum Gasteiger partial charge on any atom is -0.407 e. The molecule has 6 nitrogen and oxygen atoms in total. The van der Waals surface area contributed by atoms with Gasteiger partial charge in [-0.1, -0.05) is 102 Å². The van der Waals surface area contributed by atoms with Crippen LogP contribution in [0.15, 0.2) is 29.1 Å². The Bertz CT molecular complexity index is 1160. The van der Waals surface area contributed by atoms with Gasteiger partial charge in [0.2, 0.25) is 5.88 Å². The van der Waals surface area contributed by atoms with Crippen LogP contribution in [0.5, 0.6) is 5.88 Å². The molecule has 0 fully saturated rings. The molecular weight excluding hydrogens is 524 g/mol. The average Bonchev–Trinajstić information content (AvgIpc) is 3.13. The molecular formula is C36H56N2O4. The summed E-state index contributed by atoms with van der Waals surface area (Å²) >= 11 is 0. The van der Waals surface area contributed by atoms with Gasteiger partial charge in [-0.15, -0.1) is 0 Å². The molecule has 234 valence electrons. The molecule has 0 radical (unpaired) electrons. The number of carbonyl (C=O) groups excluding carboxylic acids is 1. The van der Waals surface area contributed by atoms with E-state index in [2.05, 4.69) is 52.0 Å². The summed E-state index contributed by atoms with van der Waals surface area (Å²) in [6.45, 7) is 10.5. The molecule has 0 aliphatic carbocycles. The highest BCUT2D eigenvalue weighted by Crippen LogP contribution is 2.35. The Hall–Kier alpha value is -2.60. The zero-order chi connectivity index (χ0) is 30.2. The van der Waals surface area contributed by atoms with Crippen molar-refractivity contribution < 1.29 is 14.3 Å². The second-order valence-electron chi connectivity index (χ2n) is 11.8. The van der Waals surface area contributed by atoms with E-state index in [0.717, 1.165) is 55.2 Å². The van der Waals surface area contributed by atoms with Crippen LogP contribution in [0.2, 0.25) is 0 Å². The SMILES string of the molecule is CCCCCCCC/C=C\CCCCCCCC(=O)Oc1c(-c2c(CC)cc(C)cc2CC)c(=O)n2n1CCOCC2. The highest BCUT2D eigenvalue weighted by molar-refractivity contribution is 5.80. The number of benzene rings is 1. The number of carbonyl (C=O) groups is 1. The molecule has 1 aromatic carbocycles. The van der Waals surface area contributed by atoms with Crippen molar-refractivity contribution in [1.29, 1.82) is 0 Å². The Morgan fingerprint density at radius 1 is 0.786 bits per heavy atom. The number of esters is 1. The summed E-state index contributed by atoms with van der Waals surface area (Å²) in [6, 6.07) is 4.31. The molecule has 0 atom stereocenters. The zero-order valence-corrected chi connectivity index (χ0v) is 27.0. The number of fused-ring (bicyclic) bond motifs is 1. The van der Waals surface area contributed by atoms with Gasteiger partial charge in [0.15, 0.2) is 0 Å². The summed E-state index contributed by atoms with van der Waals surface area (Å²) in [7, 11) is 0. The molecule has 0 spiro atoms. The molecule has 3 rings (SSSR count). The van der Waals surface area contributed by atoms with Crippen LogP contribution in [0, 0.1) is 6.92 Å². The second-order valence-corrected chi connectivity index (χ2v) is 11.8. The van der Waals surface area contributed by atoms with E-state index in [1.54, 1.807) is 4.68 Å². The summed E-state index contributed by atoms with van der Waals surface area (Å²) in [5.41, 5.74) is 4.80. The molecule has 0 bridgehead atoms. The van der Waals surface area contributed by atoms with Crippen molar-refractivity contribution in [3.63, 3.8) is 0 Å². The lowest BCUT2D eigenvalue weighted by Gasteiger charge is -2.16. The number of hydrogen-bond donors (Lipinski definition) is 0. The molecule has 1 aliphatic heterocycles. The van der Waals surface area contributed by atoms with Gasteiger partial charge < -0.3 is 9.47 Å². The first-order valence-electron chi connectivity index (χ1n) is 16.9. The quantitative estimate of drug-likeness (QED) is 0.0947. The number of ether oxygens (including phenoxy) is 2. The predicted octanol–water partition coefficient (Wildman–Crippen LogP) is 8.72. The smallest absolute Gasteiger partial charge is 0.312 e. The fourth-order valence-electron chi connectivity index (χ4n) is 6.05. The fourth-order valence-corrected chi connectivity index (χ4v) is 6.05. The van der Waals surface area contributed by atoms with Crippen LogP contribution in [0.1, 0.15) is 127 Å². The Kier molecular flexibility index (Phi) is 15.2. The lowest BCUT2D eigenvalue weighted by molar-refractivity contribution is -0.135. The van der Waals surface area contributed by atoms with Gasteiger partial charge in [-0.05, 0) is 68.6 Å². The van der Waals surface area contributed by atoms with E-state index < -0.39 is 0 Å². The molecule has 0 amide bonds. The molecule has 1 aromatic heterocycles. The third kappa shape index (κ3) is 10.00. The first-order valence-corrected chi connectivity index (χ1v) is 16.9. The van der Waals surface area contributed by atoms with Crippen molar-refractivity contribution >= 4 is 5.97 Å². The summed E-state index contributed by atoms with van der Waals surface area (Å²) in [5.74, 6) is 0.125. The van der Waals surface area contributed by atoms with E-state index in [1.807, 2.05) is 4.68 Å². The maximum absolute atomic E-state index is 13.8. The van der Waals surface area contributed by atoms with Crippen LogP contribution >= 0.6 is 0 Å². The van der Waals surface area contributed by atoms with Crippen molar-refractivity contribution in [2.24, 2.45) is 0 Å². The molecule has 0 N–H and O–H groups in total. The second kappa shape index (κ2) is 18.8. The normalized spacial score (nSPS) is 13.4. The van der Waals surface area contributed by atoms with Crippen molar-refractivity contribution in [2.45, 2.75) is 144 Å². The topological polar surface area (TPSA) is 62.5 Å². The summed E-state index contributed by atoms with van der Waals surface area (Å²) in [6.07, 6.45) is 22.5. The number of aryl methyl sites for hydroxylation is 3. The number of rotatable bonds is 19. The van der Waals surface area contributed by atoms with Gasteiger partial charge in [0.05, 0.1) is 26.3 Å². The Balaban J connectivity index is 1.53. The molecule has 6 heteroatoms. The number of aromatic nitrogens is 2. The minimum atomic E-state index is -0.261. The molecule has 1 aliphatic rings. The van der Waals surface area contributed by atoms with Crippen LogP contribution in [0.4, 0.5) is 0 Å². The number of unbranched alkanes of at least 4 members (excludes halogenated alkanes) is 11. The van der Waals surface area contributed by atoms with Crippen molar-refractivity contribution in [3.05, 3.63) is 51.3 Å². The number of allylic oxidation sites excluding steroid dienone is 2. The first kappa shape index (κ1) is 33.9. The van der Waals surface area contributed by atoms with E-state index in [1.165, 1.54) is 63.4 Å². The third-order valence-corrected chi connectivity index (χ3v) is 8.39. The van der Waals surface area contributed by atoms with Crippen LogP contribution in [0.3, 0.4) is 0 Å². The Morgan fingerprint density at radius 3 is 1.93 bits per heavy atom. The van der Waals surface area contributed by atoms with Gasteiger partial charge in [-0.3, -0.25) is 9.59 Å². The Labute approximate surface area is 254 Å². The van der Waals surface area contributed by atoms with E-state index in [9.17, 15) is 9.59 Å². The number of hydrogen-bond acceptors (Lipinski definition) is 4. The Morgan fingerprint density at radius 2 is 1.33 bits per heavy atom. The zero-order valence-electron chi connectivity index (χ0n) is 27.0. The van der Waals surface area contributed by atoms with Gasteiger partial charge in [0.1, 0.15) is 5.56 Å². The summed E-state index contributed by atoms with van der Waals surface area (Å²) in [5, 5.41) is 0. The van der Waals surface area contributed by atoms with Gasteiger partial charge in [0, 0.05) is 6.42 Å². The van der Waals surface area contributed by atoms with Crippen molar-refractivity contribution in [1.82, 2.24) is 9.36 Å². The molecule has 2 heterocycles. The van der Waals surface area contributed by atoms with Gasteiger partial charge >= 0.3 is 5.97 Å². The van der Waals surface area contributed by atoms with Crippen LogP contribution in [-0.4, -0.2) is 28.5 Å². The largest absolute Gasteiger partial charge is 0.407 e. The monoisotopic (exact) mass is 580 g/mol. The molecule has 0 saturated heterocycles. The maximum atomic E-state index is 13.8. The van der Waals surface area contributed by atoms with Gasteiger partial charge in [-0.25, -0.2) is 9.36 Å². The lowest BCUT2D eigenvalue weighted by atomic mass is 9.91. The van der Waals surface area contributed by atoms with Crippen LogP contribution in [0.25, 0.3) is 11.1 Å². The maximum Gasteiger partial charge on any atom is 0.312 e.